The first-order valence-electron chi connectivity index (χ1n) is 8.94. The van der Waals surface area contributed by atoms with E-state index in [1.54, 1.807) is 41.9 Å². The summed E-state index contributed by atoms with van der Waals surface area (Å²) < 4.78 is 24.4. The van der Waals surface area contributed by atoms with Crippen molar-refractivity contribution in [2.24, 2.45) is 0 Å². The molecule has 152 valence electrons. The monoisotopic (exact) mass is 424 g/mol. The van der Waals surface area contributed by atoms with Crippen molar-refractivity contribution in [2.75, 3.05) is 12.4 Å². The van der Waals surface area contributed by atoms with Crippen molar-refractivity contribution in [1.82, 2.24) is 24.4 Å². The van der Waals surface area contributed by atoms with Crippen molar-refractivity contribution in [2.45, 2.75) is 13.8 Å². The zero-order valence-electron chi connectivity index (χ0n) is 16.4. The maximum absolute atomic E-state index is 13.4. The molecule has 2 aromatic heterocycles. The van der Waals surface area contributed by atoms with Crippen LogP contribution >= 0.6 is 11.5 Å². The summed E-state index contributed by atoms with van der Waals surface area (Å²) in [5.74, 6) is 0.305. The van der Waals surface area contributed by atoms with Gasteiger partial charge in [-0.2, -0.15) is 9.36 Å². The predicted molar refractivity (Wildman–Crippen MR) is 111 cm³/mol. The number of nitrogens with zero attached hydrogens (tertiary/aromatic N) is 5. The minimum atomic E-state index is -0.320. The minimum absolute atomic E-state index is 0.313. The quantitative estimate of drug-likeness (QED) is 0.524. The van der Waals surface area contributed by atoms with Gasteiger partial charge in [-0.3, -0.25) is 10.1 Å². The average Bonchev–Trinajstić information content (AvgIpc) is 3.34. The van der Waals surface area contributed by atoms with E-state index >= 15 is 0 Å². The summed E-state index contributed by atoms with van der Waals surface area (Å²) in [7, 11) is 1.54. The van der Waals surface area contributed by atoms with Crippen molar-refractivity contribution in [3.63, 3.8) is 0 Å². The van der Waals surface area contributed by atoms with Crippen molar-refractivity contribution in [1.29, 1.82) is 0 Å². The number of hydrogen-bond acceptors (Lipinski definition) is 7. The molecule has 0 aliphatic rings. The number of hydrogen-bond donors (Lipinski definition) is 1. The van der Waals surface area contributed by atoms with Gasteiger partial charge in [0.1, 0.15) is 11.6 Å². The number of carbonyl (C=O) groups is 1. The molecule has 0 atom stereocenters. The highest BCUT2D eigenvalue weighted by molar-refractivity contribution is 7.10. The van der Waals surface area contributed by atoms with E-state index in [1.165, 1.54) is 19.2 Å². The Morgan fingerprint density at radius 2 is 2.03 bits per heavy atom. The number of carbonyl (C=O) groups excluding carboxylic acids is 1. The van der Waals surface area contributed by atoms with E-state index in [0.717, 1.165) is 22.8 Å². The van der Waals surface area contributed by atoms with E-state index in [4.69, 9.17) is 4.74 Å². The van der Waals surface area contributed by atoms with Gasteiger partial charge in [0.2, 0.25) is 5.13 Å². The molecule has 0 aliphatic heterocycles. The molecule has 4 rings (SSSR count). The van der Waals surface area contributed by atoms with E-state index in [-0.39, 0.29) is 11.7 Å². The molecule has 4 aromatic rings. The van der Waals surface area contributed by atoms with E-state index in [1.807, 2.05) is 6.92 Å². The number of anilines is 1. The zero-order valence-corrected chi connectivity index (χ0v) is 17.2. The van der Waals surface area contributed by atoms with E-state index in [0.29, 0.717) is 33.7 Å². The number of aryl methyl sites for hydroxylation is 1. The highest BCUT2D eigenvalue weighted by Gasteiger charge is 2.19. The Bertz CT molecular complexity index is 1240. The standard InChI is InChI=1S/C20H17FN6O2S/c1-11-9-14(21)7-8-16(11)27-12(2)17(24-26-27)18-22-20(30-25-18)23-19(28)13-5-4-6-15(10-13)29-3/h4-10H,1-3H3,(H,22,23,25,28). The first-order chi connectivity index (χ1) is 14.5. The van der Waals surface area contributed by atoms with Gasteiger partial charge in [0, 0.05) is 17.1 Å². The van der Waals surface area contributed by atoms with Crippen molar-refractivity contribution >= 4 is 22.6 Å². The Kier molecular flexibility index (Phi) is 5.23. The lowest BCUT2D eigenvalue weighted by molar-refractivity contribution is 0.102. The van der Waals surface area contributed by atoms with Crippen LogP contribution in [0, 0.1) is 19.7 Å². The second-order valence-corrected chi connectivity index (χ2v) is 7.23. The van der Waals surface area contributed by atoms with Gasteiger partial charge in [0.05, 0.1) is 18.5 Å². The number of ether oxygens (including phenoxy) is 1. The van der Waals surface area contributed by atoms with Gasteiger partial charge in [-0.05, 0) is 55.8 Å². The Hall–Kier alpha value is -3.66. The van der Waals surface area contributed by atoms with Gasteiger partial charge in [-0.25, -0.2) is 9.07 Å². The molecule has 1 N–H and O–H groups in total. The van der Waals surface area contributed by atoms with E-state index in [9.17, 15) is 9.18 Å². The number of benzene rings is 2. The molecule has 0 bridgehead atoms. The van der Waals surface area contributed by atoms with Gasteiger partial charge in [-0.15, -0.1) is 5.10 Å². The topological polar surface area (TPSA) is 94.8 Å². The number of methoxy groups -OCH3 is 1. The number of nitrogens with one attached hydrogen (secondary N) is 1. The van der Waals surface area contributed by atoms with Gasteiger partial charge in [0.25, 0.3) is 5.91 Å². The van der Waals surface area contributed by atoms with Crippen LogP contribution in [0.3, 0.4) is 0 Å². The fourth-order valence-corrected chi connectivity index (χ4v) is 3.49. The molecule has 0 spiro atoms. The van der Waals surface area contributed by atoms with E-state index in [2.05, 4.69) is 25.0 Å². The van der Waals surface area contributed by atoms with Crippen LogP contribution in [-0.4, -0.2) is 37.4 Å². The van der Waals surface area contributed by atoms with Crippen LogP contribution in [0.4, 0.5) is 9.52 Å². The van der Waals surface area contributed by atoms with Gasteiger partial charge in [-0.1, -0.05) is 11.3 Å². The van der Waals surface area contributed by atoms with Crippen LogP contribution in [0.1, 0.15) is 21.6 Å². The molecule has 0 aliphatic carbocycles. The van der Waals surface area contributed by atoms with Crippen LogP contribution < -0.4 is 10.1 Å². The largest absolute Gasteiger partial charge is 0.497 e. The third-order valence-electron chi connectivity index (χ3n) is 4.47. The number of halogens is 1. The second-order valence-electron chi connectivity index (χ2n) is 6.48. The number of aromatic nitrogens is 5. The van der Waals surface area contributed by atoms with Crippen LogP contribution in [-0.2, 0) is 0 Å². The molecule has 10 heteroatoms. The highest BCUT2D eigenvalue weighted by atomic mass is 32.1. The molecule has 1 amide bonds. The van der Waals surface area contributed by atoms with Gasteiger partial charge < -0.3 is 4.74 Å². The molecule has 2 aromatic carbocycles. The third-order valence-corrected chi connectivity index (χ3v) is 5.10. The number of rotatable bonds is 5. The lowest BCUT2D eigenvalue weighted by atomic mass is 10.2. The molecule has 0 saturated carbocycles. The van der Waals surface area contributed by atoms with Crippen LogP contribution in [0.25, 0.3) is 17.2 Å². The first-order valence-corrected chi connectivity index (χ1v) is 9.72. The fraction of sp³-hybridized carbons (Fsp3) is 0.150. The van der Waals surface area contributed by atoms with Crippen molar-refractivity contribution in [3.05, 3.63) is 65.1 Å². The van der Waals surface area contributed by atoms with Gasteiger partial charge in [0.15, 0.2) is 11.5 Å². The molecule has 8 nitrogen and oxygen atoms in total. The van der Waals surface area contributed by atoms with Crippen LogP contribution in [0.5, 0.6) is 5.75 Å². The Morgan fingerprint density at radius 1 is 1.20 bits per heavy atom. The second kappa shape index (κ2) is 7.99. The average molecular weight is 424 g/mol. The van der Waals surface area contributed by atoms with Crippen LogP contribution in [0.15, 0.2) is 42.5 Å². The summed E-state index contributed by atoms with van der Waals surface area (Å²) in [5, 5.41) is 11.4. The summed E-state index contributed by atoms with van der Waals surface area (Å²) in [5.41, 5.74) is 3.08. The first kappa shape index (κ1) is 19.6. The highest BCUT2D eigenvalue weighted by Crippen LogP contribution is 2.25. The van der Waals surface area contributed by atoms with E-state index < -0.39 is 0 Å². The van der Waals surface area contributed by atoms with Crippen LogP contribution in [0.2, 0.25) is 0 Å². The summed E-state index contributed by atoms with van der Waals surface area (Å²) in [6.07, 6.45) is 0. The molecule has 0 fully saturated rings. The van der Waals surface area contributed by atoms with Gasteiger partial charge >= 0.3 is 0 Å². The third kappa shape index (κ3) is 3.77. The zero-order chi connectivity index (χ0) is 21.3. The van der Waals surface area contributed by atoms with Crippen molar-refractivity contribution in [3.8, 4) is 23.0 Å². The summed E-state index contributed by atoms with van der Waals surface area (Å²) >= 11 is 1.05. The molecule has 0 unspecified atom stereocenters. The molecule has 2 heterocycles. The normalized spacial score (nSPS) is 10.8. The lowest BCUT2D eigenvalue weighted by Gasteiger charge is -2.07. The SMILES string of the molecule is COc1cccc(C(=O)Nc2nc(-c3nnn(-c4ccc(F)cc4C)c3C)ns2)c1. The molecular weight excluding hydrogens is 407 g/mol. The Morgan fingerprint density at radius 3 is 2.80 bits per heavy atom. The molecule has 30 heavy (non-hydrogen) atoms. The maximum atomic E-state index is 13.4. The fourth-order valence-electron chi connectivity index (χ4n) is 2.93. The summed E-state index contributed by atoms with van der Waals surface area (Å²) in [4.78, 5) is 16.8. The molecule has 0 radical (unpaired) electrons. The Labute approximate surface area is 175 Å². The molecular formula is C20H17FN6O2S. The smallest absolute Gasteiger partial charge is 0.257 e. The summed E-state index contributed by atoms with van der Waals surface area (Å²) in [6, 6.07) is 11.3. The lowest BCUT2D eigenvalue weighted by Crippen LogP contribution is -2.11. The number of amides is 1. The maximum Gasteiger partial charge on any atom is 0.257 e. The minimum Gasteiger partial charge on any atom is -0.497 e. The van der Waals surface area contributed by atoms with Crippen molar-refractivity contribution < 1.29 is 13.9 Å². The predicted octanol–water partition coefficient (Wildman–Crippen LogP) is 3.80. The molecule has 0 saturated heterocycles. The Balaban J connectivity index is 1.57. The summed E-state index contributed by atoms with van der Waals surface area (Å²) in [6.45, 7) is 3.63.